The van der Waals surface area contributed by atoms with E-state index >= 15 is 0 Å². The number of thioether (sulfide) groups is 1. The first kappa shape index (κ1) is 25.1. The summed E-state index contributed by atoms with van der Waals surface area (Å²) in [5.74, 6) is 0.557. The molecule has 0 bridgehead atoms. The summed E-state index contributed by atoms with van der Waals surface area (Å²) in [6, 6.07) is 18.5. The van der Waals surface area contributed by atoms with Crippen LogP contribution in [-0.4, -0.2) is 82.0 Å². The van der Waals surface area contributed by atoms with E-state index in [-0.39, 0.29) is 37.0 Å². The van der Waals surface area contributed by atoms with Crippen molar-refractivity contribution < 1.29 is 14.4 Å². The lowest BCUT2D eigenvalue weighted by Crippen LogP contribution is -2.76. The van der Waals surface area contributed by atoms with E-state index in [1.807, 2.05) is 78.7 Å². The second kappa shape index (κ2) is 11.1. The standard InChI is InChI=1S/C26H33N5O3S/c1-19(21-12-8-5-9-13-21)29-17-23-30(22(25(29)33)14-15-35-3)24(32)18-28(2)31(23)26(34)27-16-20-10-6-4-7-11-20/h4-13,19,22-23H,14-18H2,1-3H3,(H,27,34). The summed E-state index contributed by atoms with van der Waals surface area (Å²) in [6.45, 7) is 2.68. The maximum atomic E-state index is 13.7. The Labute approximate surface area is 211 Å². The number of hydrogen-bond donors (Lipinski definition) is 1. The van der Waals surface area contributed by atoms with Crippen molar-refractivity contribution in [3.63, 3.8) is 0 Å². The Morgan fingerprint density at radius 2 is 1.74 bits per heavy atom. The van der Waals surface area contributed by atoms with Crippen LogP contribution in [0.2, 0.25) is 0 Å². The molecule has 2 fully saturated rings. The molecule has 3 unspecified atom stereocenters. The smallest absolute Gasteiger partial charge is 0.333 e. The van der Waals surface area contributed by atoms with Crippen LogP contribution in [0.1, 0.15) is 30.5 Å². The van der Waals surface area contributed by atoms with Crippen LogP contribution in [0.4, 0.5) is 4.79 Å². The molecule has 2 aliphatic heterocycles. The largest absolute Gasteiger partial charge is 0.334 e. The maximum absolute atomic E-state index is 13.7. The van der Waals surface area contributed by atoms with Crippen molar-refractivity contribution in [1.29, 1.82) is 0 Å². The van der Waals surface area contributed by atoms with Crippen molar-refractivity contribution in [3.8, 4) is 0 Å². The number of benzene rings is 2. The quantitative estimate of drug-likeness (QED) is 0.639. The molecule has 2 heterocycles. The molecule has 1 N–H and O–H groups in total. The summed E-state index contributed by atoms with van der Waals surface area (Å²) < 4.78 is 0. The second-order valence-corrected chi connectivity index (χ2v) is 9.95. The van der Waals surface area contributed by atoms with Gasteiger partial charge in [0, 0.05) is 13.6 Å². The van der Waals surface area contributed by atoms with Gasteiger partial charge in [-0.05, 0) is 36.5 Å². The molecule has 0 spiro atoms. The molecule has 9 heteroatoms. The van der Waals surface area contributed by atoms with Crippen molar-refractivity contribution >= 4 is 29.6 Å². The summed E-state index contributed by atoms with van der Waals surface area (Å²) in [7, 11) is 1.75. The zero-order valence-electron chi connectivity index (χ0n) is 20.5. The normalized spacial score (nSPS) is 21.6. The zero-order chi connectivity index (χ0) is 24.9. The fourth-order valence-corrected chi connectivity index (χ4v) is 5.34. The van der Waals surface area contributed by atoms with Crippen molar-refractivity contribution in [1.82, 2.24) is 25.1 Å². The molecule has 0 radical (unpaired) electrons. The minimum absolute atomic E-state index is 0.0482. The summed E-state index contributed by atoms with van der Waals surface area (Å²) in [5.41, 5.74) is 2.01. The number of urea groups is 1. The second-order valence-electron chi connectivity index (χ2n) is 8.96. The van der Waals surface area contributed by atoms with E-state index in [0.29, 0.717) is 13.0 Å². The maximum Gasteiger partial charge on any atom is 0.334 e. The molecule has 2 aromatic carbocycles. The van der Waals surface area contributed by atoms with Gasteiger partial charge in [0.2, 0.25) is 11.8 Å². The number of nitrogens with zero attached hydrogens (tertiary/aromatic N) is 4. The minimum atomic E-state index is -0.599. The first-order valence-electron chi connectivity index (χ1n) is 11.9. The molecule has 3 atom stereocenters. The number of carbonyl (C=O) groups is 3. The van der Waals surface area contributed by atoms with Crippen LogP contribution in [0.25, 0.3) is 0 Å². The third-order valence-corrected chi connectivity index (χ3v) is 7.37. The number of rotatable bonds is 7. The van der Waals surface area contributed by atoms with Gasteiger partial charge in [0.05, 0.1) is 19.1 Å². The van der Waals surface area contributed by atoms with Crippen molar-refractivity contribution in [3.05, 3.63) is 71.8 Å². The van der Waals surface area contributed by atoms with E-state index in [4.69, 9.17) is 0 Å². The van der Waals surface area contributed by atoms with E-state index < -0.39 is 12.2 Å². The number of fused-ring (bicyclic) bond motifs is 1. The summed E-state index contributed by atoms with van der Waals surface area (Å²) in [6.07, 6.45) is 1.96. The number of carbonyl (C=O) groups excluding carboxylic acids is 3. The van der Waals surface area contributed by atoms with Crippen LogP contribution >= 0.6 is 11.8 Å². The highest BCUT2D eigenvalue weighted by atomic mass is 32.2. The predicted octanol–water partition coefficient (Wildman–Crippen LogP) is 2.94. The highest BCUT2D eigenvalue weighted by molar-refractivity contribution is 7.98. The van der Waals surface area contributed by atoms with Gasteiger partial charge in [0.1, 0.15) is 12.2 Å². The molecule has 2 aromatic rings. The molecule has 0 saturated carbocycles. The lowest BCUT2D eigenvalue weighted by molar-refractivity contribution is -0.189. The Bertz CT molecular complexity index is 1040. The zero-order valence-corrected chi connectivity index (χ0v) is 21.3. The monoisotopic (exact) mass is 495 g/mol. The number of hydrazine groups is 1. The Morgan fingerprint density at radius 3 is 2.40 bits per heavy atom. The fraction of sp³-hybridized carbons (Fsp3) is 0.423. The van der Waals surface area contributed by atoms with Crippen LogP contribution in [0, 0.1) is 0 Å². The van der Waals surface area contributed by atoms with Crippen molar-refractivity contribution in [2.45, 2.75) is 38.1 Å². The lowest BCUT2D eigenvalue weighted by Gasteiger charge is -2.55. The van der Waals surface area contributed by atoms with E-state index in [0.717, 1.165) is 16.9 Å². The highest BCUT2D eigenvalue weighted by Crippen LogP contribution is 2.32. The van der Waals surface area contributed by atoms with Crippen molar-refractivity contribution in [2.24, 2.45) is 0 Å². The predicted molar refractivity (Wildman–Crippen MR) is 137 cm³/mol. The summed E-state index contributed by atoms with van der Waals surface area (Å²) in [5, 5.41) is 6.26. The Hall–Kier alpha value is -3.04. The van der Waals surface area contributed by atoms with E-state index in [1.54, 1.807) is 33.7 Å². The van der Waals surface area contributed by atoms with Crippen LogP contribution in [0.15, 0.2) is 60.7 Å². The third-order valence-electron chi connectivity index (χ3n) is 6.73. The molecule has 4 amide bonds. The van der Waals surface area contributed by atoms with Gasteiger partial charge in [-0.1, -0.05) is 60.7 Å². The van der Waals surface area contributed by atoms with Gasteiger partial charge < -0.3 is 15.1 Å². The Kier molecular flexibility index (Phi) is 7.97. The molecular formula is C26H33N5O3S. The number of piperazine rings is 1. The molecule has 35 heavy (non-hydrogen) atoms. The lowest BCUT2D eigenvalue weighted by atomic mass is 9.99. The van der Waals surface area contributed by atoms with Gasteiger partial charge in [-0.15, -0.1) is 0 Å². The molecule has 0 aromatic heterocycles. The highest BCUT2D eigenvalue weighted by Gasteiger charge is 2.51. The Morgan fingerprint density at radius 1 is 1.09 bits per heavy atom. The first-order valence-corrected chi connectivity index (χ1v) is 13.3. The number of amides is 4. The number of likely N-dealkylation sites (N-methyl/N-ethyl adjacent to an activating group) is 1. The number of nitrogens with one attached hydrogen (secondary N) is 1. The van der Waals surface area contributed by atoms with Crippen molar-refractivity contribution in [2.75, 3.05) is 32.1 Å². The fourth-order valence-electron chi connectivity index (χ4n) is 4.89. The first-order chi connectivity index (χ1) is 16.9. The molecule has 186 valence electrons. The molecule has 2 aliphatic rings. The van der Waals surface area contributed by atoms with E-state index in [1.165, 1.54) is 0 Å². The van der Waals surface area contributed by atoms with Crippen LogP contribution in [0.3, 0.4) is 0 Å². The van der Waals surface area contributed by atoms with Gasteiger partial charge in [0.15, 0.2) is 0 Å². The van der Waals surface area contributed by atoms with Crippen LogP contribution < -0.4 is 5.32 Å². The van der Waals surface area contributed by atoms with Crippen LogP contribution in [0.5, 0.6) is 0 Å². The molecular weight excluding hydrogens is 462 g/mol. The van der Waals surface area contributed by atoms with Crippen LogP contribution in [-0.2, 0) is 16.1 Å². The van der Waals surface area contributed by atoms with Gasteiger partial charge in [-0.2, -0.15) is 11.8 Å². The average Bonchev–Trinajstić information content (AvgIpc) is 2.87. The van der Waals surface area contributed by atoms with Gasteiger partial charge in [-0.3, -0.25) is 9.59 Å². The molecule has 4 rings (SSSR count). The number of hydrogen-bond acceptors (Lipinski definition) is 5. The molecule has 2 saturated heterocycles. The SMILES string of the molecule is CSCCC1C(=O)N(C(C)c2ccccc2)CC2N1C(=O)CN(C)N2C(=O)NCc1ccccc1. The van der Waals surface area contributed by atoms with E-state index in [2.05, 4.69) is 5.32 Å². The molecule has 0 aliphatic carbocycles. The topological polar surface area (TPSA) is 76.2 Å². The summed E-state index contributed by atoms with van der Waals surface area (Å²) >= 11 is 1.65. The van der Waals surface area contributed by atoms with E-state index in [9.17, 15) is 14.4 Å². The van der Waals surface area contributed by atoms with Gasteiger partial charge in [-0.25, -0.2) is 14.8 Å². The van der Waals surface area contributed by atoms with Gasteiger partial charge >= 0.3 is 6.03 Å². The van der Waals surface area contributed by atoms with Gasteiger partial charge in [0.25, 0.3) is 0 Å². The summed E-state index contributed by atoms with van der Waals surface area (Å²) in [4.78, 5) is 43.8. The Balaban J connectivity index is 1.63. The minimum Gasteiger partial charge on any atom is -0.333 e. The third kappa shape index (κ3) is 5.31. The average molecular weight is 496 g/mol. The molecule has 8 nitrogen and oxygen atoms in total.